The number of hydrogen-bond acceptors (Lipinski definition) is 4. The van der Waals surface area contributed by atoms with Crippen molar-refractivity contribution in [2.45, 2.75) is 19.8 Å². The highest BCUT2D eigenvalue weighted by atomic mass is 32.2. The molecule has 2 aliphatic heterocycles. The van der Waals surface area contributed by atoms with Gasteiger partial charge >= 0.3 is 0 Å². The highest BCUT2D eigenvalue weighted by Crippen LogP contribution is 2.29. The molecule has 1 N–H and O–H groups in total. The lowest BCUT2D eigenvalue weighted by molar-refractivity contribution is 0.112. The van der Waals surface area contributed by atoms with Crippen LogP contribution in [0.5, 0.6) is 0 Å². The largest absolute Gasteiger partial charge is 0.381 e. The summed E-state index contributed by atoms with van der Waals surface area (Å²) in [5.74, 6) is 1.69. The fourth-order valence-corrected chi connectivity index (χ4v) is 3.94. The Morgan fingerprint density at radius 3 is 2.78 bits per heavy atom. The summed E-state index contributed by atoms with van der Waals surface area (Å²) in [5, 5.41) is 3.55. The second-order valence-corrected chi connectivity index (χ2v) is 7.30. The van der Waals surface area contributed by atoms with Crippen molar-refractivity contribution in [1.29, 1.82) is 0 Å². The first kappa shape index (κ1) is 14.4. The van der Waals surface area contributed by atoms with Crippen LogP contribution >= 0.6 is 0 Å². The Bertz CT molecular complexity index is 270. The summed E-state index contributed by atoms with van der Waals surface area (Å²) < 4.78 is 17.0. The second-order valence-electron chi connectivity index (χ2n) is 5.60. The van der Waals surface area contributed by atoms with E-state index in [1.807, 2.05) is 0 Å². The van der Waals surface area contributed by atoms with Crippen molar-refractivity contribution in [1.82, 2.24) is 10.2 Å². The number of nitrogens with zero attached hydrogens (tertiary/aromatic N) is 1. The van der Waals surface area contributed by atoms with E-state index in [4.69, 9.17) is 4.74 Å². The molecule has 0 bridgehead atoms. The van der Waals surface area contributed by atoms with Crippen molar-refractivity contribution < 1.29 is 8.95 Å². The smallest absolute Gasteiger partial charge is 0.0547 e. The third kappa shape index (κ3) is 4.02. The minimum Gasteiger partial charge on any atom is -0.381 e. The van der Waals surface area contributed by atoms with Gasteiger partial charge in [0.2, 0.25) is 0 Å². The predicted octanol–water partition coefficient (Wildman–Crippen LogP) is 0.457. The van der Waals surface area contributed by atoms with Crippen molar-refractivity contribution in [2.75, 3.05) is 57.4 Å². The molecule has 0 aromatic heterocycles. The van der Waals surface area contributed by atoms with Crippen molar-refractivity contribution in [2.24, 2.45) is 5.41 Å². The van der Waals surface area contributed by atoms with Crippen LogP contribution in [0.2, 0.25) is 0 Å². The number of hydrogen-bond donors (Lipinski definition) is 1. The molecule has 0 aromatic carbocycles. The van der Waals surface area contributed by atoms with Gasteiger partial charge in [-0.25, -0.2) is 0 Å². The Labute approximate surface area is 113 Å². The highest BCUT2D eigenvalue weighted by molar-refractivity contribution is 7.85. The molecular formula is C13H26N2O2S. The Kier molecular flexibility index (Phi) is 5.60. The first-order valence-corrected chi connectivity index (χ1v) is 8.59. The van der Waals surface area contributed by atoms with Crippen molar-refractivity contribution in [3.63, 3.8) is 0 Å². The molecule has 1 atom stereocenters. The number of ether oxygens (including phenoxy) is 1. The first-order valence-electron chi connectivity index (χ1n) is 7.10. The SMILES string of the molecule is CCCNCC1(CN2CCS(=O)CC2)CCOC1. The molecule has 0 aliphatic carbocycles. The van der Waals surface area contributed by atoms with Crippen LogP contribution < -0.4 is 5.32 Å². The summed E-state index contributed by atoms with van der Waals surface area (Å²) in [5.41, 5.74) is 0.286. The molecule has 0 saturated carbocycles. The lowest BCUT2D eigenvalue weighted by atomic mass is 9.86. The fraction of sp³-hybridized carbons (Fsp3) is 1.00. The molecule has 2 saturated heterocycles. The second kappa shape index (κ2) is 6.98. The van der Waals surface area contributed by atoms with Gasteiger partial charge in [-0.2, -0.15) is 0 Å². The fourth-order valence-electron chi connectivity index (χ4n) is 2.81. The van der Waals surface area contributed by atoms with Crippen LogP contribution in [0.25, 0.3) is 0 Å². The van der Waals surface area contributed by atoms with E-state index in [0.717, 1.165) is 63.9 Å². The van der Waals surface area contributed by atoms with E-state index in [-0.39, 0.29) is 5.41 Å². The minimum absolute atomic E-state index is 0.286. The molecule has 1 unspecified atom stereocenters. The van der Waals surface area contributed by atoms with Gasteiger partial charge in [0.25, 0.3) is 0 Å². The maximum absolute atomic E-state index is 11.4. The van der Waals surface area contributed by atoms with Crippen molar-refractivity contribution in [3.8, 4) is 0 Å². The zero-order valence-electron chi connectivity index (χ0n) is 11.5. The van der Waals surface area contributed by atoms with Gasteiger partial charge in [-0.15, -0.1) is 0 Å². The minimum atomic E-state index is -0.573. The molecule has 0 radical (unpaired) electrons. The molecule has 4 nitrogen and oxygen atoms in total. The molecular weight excluding hydrogens is 248 g/mol. The number of nitrogens with one attached hydrogen (secondary N) is 1. The van der Waals surface area contributed by atoms with E-state index in [1.54, 1.807) is 0 Å². The van der Waals surface area contributed by atoms with Gasteiger partial charge in [0.15, 0.2) is 0 Å². The van der Waals surface area contributed by atoms with Crippen molar-refractivity contribution in [3.05, 3.63) is 0 Å². The predicted molar refractivity (Wildman–Crippen MR) is 75.3 cm³/mol. The summed E-state index contributed by atoms with van der Waals surface area (Å²) >= 11 is 0. The zero-order chi connectivity index (χ0) is 12.8. The van der Waals surface area contributed by atoms with Gasteiger partial charge in [0, 0.05) is 60.5 Å². The standard InChI is InChI=1S/C13H26N2O2S/c1-2-4-14-10-13(3-7-17-12-13)11-15-5-8-18(16)9-6-15/h14H,2-12H2,1H3. The van der Waals surface area contributed by atoms with Gasteiger partial charge in [-0.1, -0.05) is 6.92 Å². The number of rotatable bonds is 6. The van der Waals surface area contributed by atoms with Gasteiger partial charge < -0.3 is 15.0 Å². The maximum atomic E-state index is 11.4. The average molecular weight is 274 g/mol. The molecule has 5 heteroatoms. The normalized spacial score (nSPS) is 30.9. The Morgan fingerprint density at radius 1 is 1.39 bits per heavy atom. The molecule has 106 valence electrons. The maximum Gasteiger partial charge on any atom is 0.0547 e. The summed E-state index contributed by atoms with van der Waals surface area (Å²) in [4.78, 5) is 2.48. The zero-order valence-corrected chi connectivity index (χ0v) is 12.3. The molecule has 2 aliphatic rings. The van der Waals surface area contributed by atoms with Crippen LogP contribution in [0.4, 0.5) is 0 Å². The van der Waals surface area contributed by atoms with Crippen LogP contribution in [0, 0.1) is 5.41 Å². The summed E-state index contributed by atoms with van der Waals surface area (Å²) in [6.07, 6.45) is 2.34. The van der Waals surface area contributed by atoms with Gasteiger partial charge in [-0.3, -0.25) is 4.21 Å². The summed E-state index contributed by atoms with van der Waals surface area (Å²) in [7, 11) is -0.573. The highest BCUT2D eigenvalue weighted by Gasteiger charge is 2.36. The van der Waals surface area contributed by atoms with Crippen molar-refractivity contribution >= 4 is 10.8 Å². The Morgan fingerprint density at radius 2 is 2.17 bits per heavy atom. The van der Waals surface area contributed by atoms with E-state index in [0.29, 0.717) is 0 Å². The van der Waals surface area contributed by atoms with Crippen LogP contribution in [0.3, 0.4) is 0 Å². The Hall–Kier alpha value is 0.0300. The van der Waals surface area contributed by atoms with Crippen LogP contribution in [0.15, 0.2) is 0 Å². The van der Waals surface area contributed by atoms with E-state index in [1.165, 1.54) is 6.42 Å². The quantitative estimate of drug-likeness (QED) is 0.715. The van der Waals surface area contributed by atoms with E-state index in [2.05, 4.69) is 17.1 Å². The molecule has 0 amide bonds. The monoisotopic (exact) mass is 274 g/mol. The van der Waals surface area contributed by atoms with E-state index < -0.39 is 10.8 Å². The summed E-state index contributed by atoms with van der Waals surface area (Å²) in [6.45, 7) is 9.19. The molecule has 2 heterocycles. The topological polar surface area (TPSA) is 41.6 Å². The van der Waals surface area contributed by atoms with E-state index in [9.17, 15) is 4.21 Å². The molecule has 0 aromatic rings. The molecule has 18 heavy (non-hydrogen) atoms. The van der Waals surface area contributed by atoms with E-state index >= 15 is 0 Å². The van der Waals surface area contributed by atoms with Crippen LogP contribution in [-0.4, -0.2) is 66.6 Å². The third-order valence-corrected chi connectivity index (χ3v) is 5.22. The van der Waals surface area contributed by atoms with Gasteiger partial charge in [0.1, 0.15) is 0 Å². The molecule has 0 spiro atoms. The van der Waals surface area contributed by atoms with Gasteiger partial charge in [0.05, 0.1) is 6.61 Å². The lowest BCUT2D eigenvalue weighted by Gasteiger charge is -2.36. The van der Waals surface area contributed by atoms with Gasteiger partial charge in [-0.05, 0) is 19.4 Å². The Balaban J connectivity index is 1.83. The molecule has 2 rings (SSSR count). The molecule has 2 fully saturated rings. The third-order valence-electron chi connectivity index (χ3n) is 3.94. The summed E-state index contributed by atoms with van der Waals surface area (Å²) in [6, 6.07) is 0. The van der Waals surface area contributed by atoms with Crippen LogP contribution in [0.1, 0.15) is 19.8 Å². The van der Waals surface area contributed by atoms with Crippen LogP contribution in [-0.2, 0) is 15.5 Å². The lowest BCUT2D eigenvalue weighted by Crippen LogP contribution is -2.48. The first-order chi connectivity index (χ1) is 8.74. The average Bonchev–Trinajstić information content (AvgIpc) is 2.82.